The summed E-state index contributed by atoms with van der Waals surface area (Å²) in [6.07, 6.45) is 0.00661. The summed E-state index contributed by atoms with van der Waals surface area (Å²) in [5.74, 6) is 5.03. The molecule has 5 nitrogen and oxygen atoms in total. The highest BCUT2D eigenvalue weighted by molar-refractivity contribution is 7.89. The summed E-state index contributed by atoms with van der Waals surface area (Å²) in [4.78, 5) is 12.0. The SMILES string of the molecule is COC(=O)[C@@H](CC#Cc1ccccc1)NS(=O)(=O)c1ccc(C)cc1. The molecule has 1 N–H and O–H groups in total. The fourth-order valence-electron chi connectivity index (χ4n) is 2.06. The number of ether oxygens (including phenoxy) is 1. The molecule has 0 aliphatic heterocycles. The first-order valence-corrected chi connectivity index (χ1v) is 9.11. The maximum Gasteiger partial charge on any atom is 0.324 e. The molecule has 0 spiro atoms. The summed E-state index contributed by atoms with van der Waals surface area (Å²) in [5, 5.41) is 0. The molecule has 2 aromatic carbocycles. The highest BCUT2D eigenvalue weighted by Gasteiger charge is 2.25. The Kier molecular flexibility index (Phi) is 6.34. The van der Waals surface area contributed by atoms with E-state index in [9.17, 15) is 13.2 Å². The average molecular weight is 357 g/mol. The minimum atomic E-state index is -3.85. The first-order valence-electron chi connectivity index (χ1n) is 7.63. The molecule has 0 aromatic heterocycles. The standard InChI is InChI=1S/C19H19NO4S/c1-15-11-13-17(14-12-15)25(22,23)20-18(19(21)24-2)10-6-9-16-7-4-3-5-8-16/h3-5,7-8,11-14,18,20H,10H2,1-2H3/t18-/m1/s1. The van der Waals surface area contributed by atoms with E-state index >= 15 is 0 Å². The van der Waals surface area contributed by atoms with Crippen LogP contribution in [0.1, 0.15) is 17.5 Å². The summed E-state index contributed by atoms with van der Waals surface area (Å²) in [6.45, 7) is 1.86. The number of carbonyl (C=O) groups excluding carboxylic acids is 1. The van der Waals surface area contributed by atoms with Crippen LogP contribution in [-0.4, -0.2) is 27.5 Å². The average Bonchev–Trinajstić information content (AvgIpc) is 2.61. The van der Waals surface area contributed by atoms with E-state index in [2.05, 4.69) is 21.3 Å². The van der Waals surface area contributed by atoms with Gasteiger partial charge in [0, 0.05) is 12.0 Å². The number of esters is 1. The Bertz CT molecular complexity index is 879. The third kappa shape index (κ3) is 5.45. The molecule has 0 radical (unpaired) electrons. The third-order valence-corrected chi connectivity index (χ3v) is 4.91. The number of rotatable bonds is 5. The second-order valence-corrected chi connectivity index (χ2v) is 7.10. The number of nitrogens with one attached hydrogen (secondary N) is 1. The molecule has 0 amide bonds. The van der Waals surface area contributed by atoms with E-state index in [0.717, 1.165) is 11.1 Å². The highest BCUT2D eigenvalue weighted by atomic mass is 32.2. The lowest BCUT2D eigenvalue weighted by Gasteiger charge is -2.14. The van der Waals surface area contributed by atoms with Crippen molar-refractivity contribution in [2.24, 2.45) is 0 Å². The van der Waals surface area contributed by atoms with Crippen LogP contribution in [0, 0.1) is 18.8 Å². The van der Waals surface area contributed by atoms with Crippen LogP contribution >= 0.6 is 0 Å². The number of carbonyl (C=O) groups is 1. The Balaban J connectivity index is 2.16. The molecule has 2 rings (SSSR count). The number of benzene rings is 2. The summed E-state index contributed by atoms with van der Waals surface area (Å²) < 4.78 is 31.9. The number of aryl methyl sites for hydroxylation is 1. The minimum Gasteiger partial charge on any atom is -0.468 e. The van der Waals surface area contributed by atoms with E-state index in [1.807, 2.05) is 37.3 Å². The number of hydrogen-bond donors (Lipinski definition) is 1. The number of hydrogen-bond acceptors (Lipinski definition) is 4. The second kappa shape index (κ2) is 8.47. The van der Waals surface area contributed by atoms with Gasteiger partial charge in [-0.15, -0.1) is 0 Å². The van der Waals surface area contributed by atoms with E-state index in [-0.39, 0.29) is 11.3 Å². The van der Waals surface area contributed by atoms with Crippen LogP contribution in [0.5, 0.6) is 0 Å². The van der Waals surface area contributed by atoms with Gasteiger partial charge in [0.15, 0.2) is 0 Å². The van der Waals surface area contributed by atoms with Gasteiger partial charge in [-0.3, -0.25) is 4.79 Å². The molecule has 130 valence electrons. The van der Waals surface area contributed by atoms with Crippen molar-refractivity contribution in [3.63, 3.8) is 0 Å². The van der Waals surface area contributed by atoms with E-state index in [0.29, 0.717) is 0 Å². The third-order valence-electron chi connectivity index (χ3n) is 3.43. The van der Waals surface area contributed by atoms with E-state index in [4.69, 9.17) is 0 Å². The van der Waals surface area contributed by atoms with Crippen LogP contribution in [0.2, 0.25) is 0 Å². The van der Waals surface area contributed by atoms with Crippen LogP contribution in [-0.2, 0) is 19.6 Å². The van der Waals surface area contributed by atoms with E-state index in [1.54, 1.807) is 12.1 Å². The lowest BCUT2D eigenvalue weighted by Crippen LogP contribution is -2.41. The van der Waals surface area contributed by atoms with Crippen molar-refractivity contribution in [3.05, 3.63) is 65.7 Å². The molecule has 0 saturated heterocycles. The topological polar surface area (TPSA) is 72.5 Å². The Morgan fingerprint density at radius 3 is 2.36 bits per heavy atom. The van der Waals surface area contributed by atoms with Crippen molar-refractivity contribution < 1.29 is 17.9 Å². The Hall–Kier alpha value is -2.62. The van der Waals surface area contributed by atoms with Gasteiger partial charge in [-0.2, -0.15) is 4.72 Å². The lowest BCUT2D eigenvalue weighted by atomic mass is 10.2. The van der Waals surface area contributed by atoms with Crippen molar-refractivity contribution >= 4 is 16.0 Å². The number of sulfonamides is 1. The summed E-state index contributed by atoms with van der Waals surface area (Å²) in [7, 11) is -2.64. The van der Waals surface area contributed by atoms with Crippen LogP contribution < -0.4 is 4.72 Å². The predicted molar refractivity (Wildman–Crippen MR) is 95.2 cm³/mol. The van der Waals surface area contributed by atoms with Crippen LogP contribution in [0.4, 0.5) is 0 Å². The van der Waals surface area contributed by atoms with Crippen LogP contribution in [0.3, 0.4) is 0 Å². The van der Waals surface area contributed by atoms with Gasteiger partial charge in [0.1, 0.15) is 6.04 Å². The van der Waals surface area contributed by atoms with Gasteiger partial charge in [0.25, 0.3) is 0 Å². The summed E-state index contributed by atoms with van der Waals surface area (Å²) in [5.41, 5.74) is 1.73. The van der Waals surface area contributed by atoms with E-state index in [1.165, 1.54) is 19.2 Å². The van der Waals surface area contributed by atoms with Gasteiger partial charge in [0.05, 0.1) is 12.0 Å². The molecule has 0 aliphatic rings. The molecule has 0 saturated carbocycles. The molecular formula is C19H19NO4S. The molecule has 6 heteroatoms. The smallest absolute Gasteiger partial charge is 0.324 e. The number of methoxy groups -OCH3 is 1. The Labute approximate surface area is 148 Å². The fourth-order valence-corrected chi connectivity index (χ4v) is 3.25. The normalized spacial score (nSPS) is 11.9. The van der Waals surface area contributed by atoms with Crippen LogP contribution in [0.25, 0.3) is 0 Å². The van der Waals surface area contributed by atoms with Gasteiger partial charge in [0.2, 0.25) is 10.0 Å². The van der Waals surface area contributed by atoms with Crippen molar-refractivity contribution in [2.75, 3.05) is 7.11 Å². The molecule has 25 heavy (non-hydrogen) atoms. The molecular weight excluding hydrogens is 338 g/mol. The largest absolute Gasteiger partial charge is 0.468 e. The molecule has 0 fully saturated rings. The second-order valence-electron chi connectivity index (χ2n) is 5.38. The maximum atomic E-state index is 12.4. The van der Waals surface area contributed by atoms with Crippen molar-refractivity contribution in [1.82, 2.24) is 4.72 Å². The van der Waals surface area contributed by atoms with Crippen molar-refractivity contribution in [2.45, 2.75) is 24.3 Å². The van der Waals surface area contributed by atoms with Gasteiger partial charge < -0.3 is 4.74 Å². The molecule has 2 aromatic rings. The molecule has 0 unspecified atom stereocenters. The van der Waals surface area contributed by atoms with Gasteiger partial charge in [-0.1, -0.05) is 47.7 Å². The molecule has 0 aliphatic carbocycles. The van der Waals surface area contributed by atoms with Crippen molar-refractivity contribution in [3.8, 4) is 11.8 Å². The predicted octanol–water partition coefficient (Wildman–Crippen LogP) is 2.26. The minimum absolute atomic E-state index is 0.00661. The van der Waals surface area contributed by atoms with Gasteiger partial charge >= 0.3 is 5.97 Å². The monoisotopic (exact) mass is 357 g/mol. The van der Waals surface area contributed by atoms with Crippen molar-refractivity contribution in [1.29, 1.82) is 0 Å². The maximum absolute atomic E-state index is 12.4. The first-order chi connectivity index (χ1) is 11.9. The quantitative estimate of drug-likeness (QED) is 0.658. The zero-order valence-corrected chi connectivity index (χ0v) is 14.8. The van der Waals surface area contributed by atoms with Gasteiger partial charge in [-0.25, -0.2) is 8.42 Å². The van der Waals surface area contributed by atoms with Crippen LogP contribution in [0.15, 0.2) is 59.5 Å². The van der Waals surface area contributed by atoms with E-state index < -0.39 is 22.0 Å². The zero-order chi connectivity index (χ0) is 18.3. The first kappa shape index (κ1) is 18.7. The molecule has 0 bridgehead atoms. The molecule has 0 heterocycles. The molecule has 1 atom stereocenters. The summed E-state index contributed by atoms with van der Waals surface area (Å²) >= 11 is 0. The Morgan fingerprint density at radius 2 is 1.76 bits per heavy atom. The fraction of sp³-hybridized carbons (Fsp3) is 0.211. The Morgan fingerprint density at radius 1 is 1.12 bits per heavy atom. The highest BCUT2D eigenvalue weighted by Crippen LogP contribution is 2.11. The zero-order valence-electron chi connectivity index (χ0n) is 14.0. The summed E-state index contributed by atoms with van der Waals surface area (Å²) in [6, 6.07) is 14.5. The van der Waals surface area contributed by atoms with Gasteiger partial charge in [-0.05, 0) is 31.2 Å². The lowest BCUT2D eigenvalue weighted by molar-refractivity contribution is -0.142.